The van der Waals surface area contributed by atoms with Gasteiger partial charge in [0.15, 0.2) is 18.8 Å². The lowest BCUT2D eigenvalue weighted by Crippen LogP contribution is -2.53. The summed E-state index contributed by atoms with van der Waals surface area (Å²) in [7, 11) is 0. The van der Waals surface area contributed by atoms with Gasteiger partial charge >= 0.3 is 12.0 Å². The predicted octanol–water partition coefficient (Wildman–Crippen LogP) is 3.64. The maximum atomic E-state index is 15.0. The number of carbonyl (C=O) groups is 2. The van der Waals surface area contributed by atoms with Crippen LogP contribution in [0.3, 0.4) is 0 Å². The molecule has 1 aromatic heterocycles. The van der Waals surface area contributed by atoms with Crippen molar-refractivity contribution in [2.75, 3.05) is 18.5 Å². The van der Waals surface area contributed by atoms with Crippen LogP contribution < -0.4 is 15.4 Å². The van der Waals surface area contributed by atoms with Gasteiger partial charge in [0.2, 0.25) is 5.88 Å². The standard InChI is InChI=1S/C24H24F3N5O5/c1-6-9-35-18-12-28-17(11-29-18)19(33)30-14-7-8-16(25)15(10-14)23(5)24(26,27)13-36-20(32-23)31-21(34)37-22(2,3)4/h1,7-8,10-12H,9,13H2,2-5H3,(H,30,33)(H,31,32,34). The van der Waals surface area contributed by atoms with Gasteiger partial charge in [-0.25, -0.2) is 29.5 Å². The Morgan fingerprint density at radius 3 is 2.57 bits per heavy atom. The molecule has 1 atom stereocenters. The first kappa shape index (κ1) is 27.3. The topological polar surface area (TPSA) is 124 Å². The fraction of sp³-hybridized carbons (Fsp3) is 0.375. The van der Waals surface area contributed by atoms with Gasteiger partial charge in [0.25, 0.3) is 11.9 Å². The van der Waals surface area contributed by atoms with E-state index in [4.69, 9.17) is 20.6 Å². The fourth-order valence-corrected chi connectivity index (χ4v) is 3.12. The molecule has 2 heterocycles. The van der Waals surface area contributed by atoms with Gasteiger partial charge < -0.3 is 19.5 Å². The highest BCUT2D eigenvalue weighted by Crippen LogP contribution is 2.45. The molecule has 10 nitrogen and oxygen atoms in total. The number of hydrogen-bond donors (Lipinski definition) is 2. The minimum absolute atomic E-state index is 0.0174. The average molecular weight is 519 g/mol. The molecule has 1 aliphatic rings. The highest BCUT2D eigenvalue weighted by atomic mass is 19.3. The summed E-state index contributed by atoms with van der Waals surface area (Å²) < 4.78 is 59.9. The van der Waals surface area contributed by atoms with E-state index in [1.54, 1.807) is 20.8 Å². The third kappa shape index (κ3) is 6.46. The minimum Gasteiger partial charge on any atom is -0.463 e. The Balaban J connectivity index is 1.87. The van der Waals surface area contributed by atoms with Crippen LogP contribution in [0.5, 0.6) is 5.88 Å². The molecule has 0 aliphatic carbocycles. The highest BCUT2D eigenvalue weighted by molar-refractivity contribution is 6.02. The smallest absolute Gasteiger partial charge is 0.415 e. The van der Waals surface area contributed by atoms with E-state index in [1.165, 1.54) is 12.3 Å². The number of alkyl halides is 2. The van der Waals surface area contributed by atoms with Crippen LogP contribution in [0.4, 0.5) is 23.7 Å². The van der Waals surface area contributed by atoms with Crippen LogP contribution in [-0.2, 0) is 15.0 Å². The van der Waals surface area contributed by atoms with Gasteiger partial charge in [0, 0.05) is 11.3 Å². The number of nitrogens with zero attached hydrogens (tertiary/aromatic N) is 3. The number of hydrogen-bond acceptors (Lipinski definition) is 8. The lowest BCUT2D eigenvalue weighted by molar-refractivity contribution is -0.118. The van der Waals surface area contributed by atoms with E-state index in [0.29, 0.717) is 0 Å². The Bertz CT molecular complexity index is 1250. The molecule has 1 unspecified atom stereocenters. The van der Waals surface area contributed by atoms with Gasteiger partial charge in [0.1, 0.15) is 17.1 Å². The molecular weight excluding hydrogens is 495 g/mol. The average Bonchev–Trinajstić information content (AvgIpc) is 2.80. The minimum atomic E-state index is -3.69. The fourth-order valence-electron chi connectivity index (χ4n) is 3.12. The number of anilines is 1. The maximum absolute atomic E-state index is 15.0. The Kier molecular flexibility index (Phi) is 7.61. The first-order chi connectivity index (χ1) is 17.2. The summed E-state index contributed by atoms with van der Waals surface area (Å²) in [6, 6.07) is 2.53. The number of carbonyl (C=O) groups excluding carboxylic acids is 2. The number of nitrogens with one attached hydrogen (secondary N) is 2. The van der Waals surface area contributed by atoms with E-state index >= 15 is 8.78 Å². The van der Waals surface area contributed by atoms with Crippen LogP contribution in [0.2, 0.25) is 0 Å². The first-order valence-corrected chi connectivity index (χ1v) is 10.8. The molecule has 0 bridgehead atoms. The Morgan fingerprint density at radius 1 is 1.22 bits per heavy atom. The summed E-state index contributed by atoms with van der Waals surface area (Å²) in [5.74, 6) is -3.09. The van der Waals surface area contributed by atoms with Crippen LogP contribution in [0.15, 0.2) is 35.6 Å². The van der Waals surface area contributed by atoms with E-state index in [0.717, 1.165) is 25.3 Å². The van der Waals surface area contributed by atoms with Crippen LogP contribution in [0, 0.1) is 18.2 Å². The van der Waals surface area contributed by atoms with E-state index in [2.05, 4.69) is 31.5 Å². The number of halogens is 3. The second kappa shape index (κ2) is 10.3. The summed E-state index contributed by atoms with van der Waals surface area (Å²) in [6.07, 6.45) is 6.41. The molecule has 2 N–H and O–H groups in total. The number of amidine groups is 1. The van der Waals surface area contributed by atoms with Crippen LogP contribution in [0.25, 0.3) is 0 Å². The number of amides is 2. The van der Waals surface area contributed by atoms with Gasteiger partial charge in [-0.2, -0.15) is 8.78 Å². The predicted molar refractivity (Wildman–Crippen MR) is 126 cm³/mol. The lowest BCUT2D eigenvalue weighted by atomic mass is 9.85. The third-order valence-corrected chi connectivity index (χ3v) is 4.95. The second-order valence-electron chi connectivity index (χ2n) is 8.99. The van der Waals surface area contributed by atoms with Crippen LogP contribution in [-0.4, -0.2) is 52.7 Å². The molecule has 0 fully saturated rings. The van der Waals surface area contributed by atoms with Crippen molar-refractivity contribution in [3.05, 3.63) is 47.7 Å². The molecule has 196 valence electrons. The molecule has 0 spiro atoms. The summed E-state index contributed by atoms with van der Waals surface area (Å²) >= 11 is 0. The van der Waals surface area contributed by atoms with E-state index < -0.39 is 53.1 Å². The molecule has 1 aromatic carbocycles. The Hall–Kier alpha value is -4.34. The van der Waals surface area contributed by atoms with Crippen molar-refractivity contribution in [3.8, 4) is 18.2 Å². The SMILES string of the molecule is C#CCOc1cnc(C(=O)Nc2ccc(F)c(C3(C)N=C(NC(=O)OC(C)(C)C)OCC3(F)F)c2)cn1. The van der Waals surface area contributed by atoms with Gasteiger partial charge in [-0.3, -0.25) is 4.79 Å². The summed E-state index contributed by atoms with van der Waals surface area (Å²) in [6.45, 7) is 4.57. The van der Waals surface area contributed by atoms with Crippen molar-refractivity contribution in [1.29, 1.82) is 0 Å². The number of alkyl carbamates (subject to hydrolysis) is 1. The number of aliphatic imine (C=N–C) groups is 1. The molecule has 0 saturated carbocycles. The maximum Gasteiger partial charge on any atom is 0.415 e. The molecule has 0 saturated heterocycles. The summed E-state index contributed by atoms with van der Waals surface area (Å²) in [5.41, 5.74) is -4.06. The molecule has 1 aliphatic heterocycles. The Morgan fingerprint density at radius 2 is 1.95 bits per heavy atom. The second-order valence-corrected chi connectivity index (χ2v) is 8.99. The number of rotatable bonds is 5. The van der Waals surface area contributed by atoms with Crippen molar-refractivity contribution in [3.63, 3.8) is 0 Å². The van der Waals surface area contributed by atoms with E-state index in [9.17, 15) is 14.0 Å². The summed E-state index contributed by atoms with van der Waals surface area (Å²) in [4.78, 5) is 36.2. The largest absolute Gasteiger partial charge is 0.463 e. The van der Waals surface area contributed by atoms with Crippen LogP contribution in [0.1, 0.15) is 43.7 Å². The van der Waals surface area contributed by atoms with Gasteiger partial charge in [-0.15, -0.1) is 6.42 Å². The zero-order valence-electron chi connectivity index (χ0n) is 20.4. The van der Waals surface area contributed by atoms with Crippen molar-refractivity contribution < 1.29 is 37.0 Å². The van der Waals surface area contributed by atoms with Gasteiger partial charge in [0.05, 0.1) is 12.4 Å². The van der Waals surface area contributed by atoms with Gasteiger partial charge in [-0.1, -0.05) is 5.92 Å². The lowest BCUT2D eigenvalue weighted by Gasteiger charge is -2.38. The number of ether oxygens (including phenoxy) is 3. The number of aromatic nitrogens is 2. The number of terminal acetylenes is 1. The zero-order valence-corrected chi connectivity index (χ0v) is 20.4. The molecule has 37 heavy (non-hydrogen) atoms. The highest BCUT2D eigenvalue weighted by Gasteiger charge is 2.56. The molecule has 2 aromatic rings. The molecular formula is C24H24F3N5O5. The quantitative estimate of drug-likeness (QED) is 0.578. The van der Waals surface area contributed by atoms with Crippen LogP contribution >= 0.6 is 0 Å². The number of benzene rings is 1. The summed E-state index contributed by atoms with van der Waals surface area (Å²) in [5, 5.41) is 4.59. The van der Waals surface area contributed by atoms with E-state index in [1.807, 2.05) is 0 Å². The first-order valence-electron chi connectivity index (χ1n) is 10.8. The molecule has 0 radical (unpaired) electrons. The van der Waals surface area contributed by atoms with E-state index in [-0.39, 0.29) is 23.9 Å². The molecule has 3 rings (SSSR count). The third-order valence-electron chi connectivity index (χ3n) is 4.95. The van der Waals surface area contributed by atoms with Crippen molar-refractivity contribution in [1.82, 2.24) is 15.3 Å². The normalized spacial score (nSPS) is 18.5. The molecule has 2 amide bonds. The Labute approximate surface area is 210 Å². The van der Waals surface area contributed by atoms with Crippen molar-refractivity contribution in [2.45, 2.75) is 44.8 Å². The van der Waals surface area contributed by atoms with Crippen molar-refractivity contribution >= 4 is 23.7 Å². The molecule has 13 heteroatoms. The van der Waals surface area contributed by atoms with Crippen molar-refractivity contribution in [2.24, 2.45) is 4.99 Å². The monoisotopic (exact) mass is 519 g/mol. The van der Waals surface area contributed by atoms with Gasteiger partial charge in [-0.05, 0) is 45.9 Å². The zero-order chi connectivity index (χ0) is 27.4.